The van der Waals surface area contributed by atoms with Crippen molar-refractivity contribution in [1.29, 1.82) is 0 Å². The topological polar surface area (TPSA) is 3.24 Å². The van der Waals surface area contributed by atoms with Crippen molar-refractivity contribution in [3.05, 3.63) is 0 Å². The van der Waals surface area contributed by atoms with Gasteiger partial charge in [0.15, 0.2) is 0 Å². The van der Waals surface area contributed by atoms with E-state index < -0.39 is 0 Å². The molecule has 2 aliphatic rings. The van der Waals surface area contributed by atoms with Crippen LogP contribution in [0, 0.1) is 11.3 Å². The molecule has 0 atom stereocenters. The molecule has 0 saturated heterocycles. The van der Waals surface area contributed by atoms with Crippen LogP contribution in [0.1, 0.15) is 38.5 Å². The monoisotopic (exact) mass is 167 g/mol. The SMILES string of the molecule is CN(C)CC1CCC2(CC1)CC2. The second kappa shape index (κ2) is 3.02. The van der Waals surface area contributed by atoms with E-state index in [-0.39, 0.29) is 0 Å². The summed E-state index contributed by atoms with van der Waals surface area (Å²) >= 11 is 0. The van der Waals surface area contributed by atoms with Crippen molar-refractivity contribution in [2.24, 2.45) is 11.3 Å². The molecular formula is C11H21N. The van der Waals surface area contributed by atoms with E-state index in [1.165, 1.54) is 32.2 Å². The first-order chi connectivity index (χ1) is 5.70. The van der Waals surface area contributed by atoms with Gasteiger partial charge in [-0.2, -0.15) is 0 Å². The number of hydrogen-bond acceptors (Lipinski definition) is 1. The molecule has 2 fully saturated rings. The summed E-state index contributed by atoms with van der Waals surface area (Å²) in [7, 11) is 4.39. The fourth-order valence-corrected chi connectivity index (χ4v) is 2.67. The maximum absolute atomic E-state index is 2.34. The molecule has 12 heavy (non-hydrogen) atoms. The van der Waals surface area contributed by atoms with Crippen LogP contribution in [0.4, 0.5) is 0 Å². The van der Waals surface area contributed by atoms with Crippen molar-refractivity contribution < 1.29 is 0 Å². The van der Waals surface area contributed by atoms with Crippen molar-refractivity contribution in [3.63, 3.8) is 0 Å². The Morgan fingerprint density at radius 3 is 2.08 bits per heavy atom. The molecule has 0 bridgehead atoms. The molecule has 1 heteroatoms. The van der Waals surface area contributed by atoms with E-state index in [0.717, 1.165) is 11.3 Å². The van der Waals surface area contributed by atoms with Gasteiger partial charge in [-0.1, -0.05) is 0 Å². The molecule has 0 heterocycles. The van der Waals surface area contributed by atoms with E-state index in [0.29, 0.717) is 0 Å². The van der Waals surface area contributed by atoms with Crippen molar-refractivity contribution in [2.45, 2.75) is 38.5 Å². The predicted molar refractivity (Wildman–Crippen MR) is 52.2 cm³/mol. The van der Waals surface area contributed by atoms with Gasteiger partial charge in [0.25, 0.3) is 0 Å². The van der Waals surface area contributed by atoms with Gasteiger partial charge in [0.1, 0.15) is 0 Å². The Balaban J connectivity index is 1.74. The van der Waals surface area contributed by atoms with Gasteiger partial charge in [0.2, 0.25) is 0 Å². The zero-order chi connectivity index (χ0) is 8.60. The second-order valence-electron chi connectivity index (χ2n) is 5.21. The van der Waals surface area contributed by atoms with Gasteiger partial charge >= 0.3 is 0 Å². The van der Waals surface area contributed by atoms with Crippen LogP contribution in [0.3, 0.4) is 0 Å². The Bertz CT molecular complexity index is 148. The van der Waals surface area contributed by atoms with Crippen molar-refractivity contribution in [1.82, 2.24) is 4.90 Å². The lowest BCUT2D eigenvalue weighted by Gasteiger charge is -2.30. The quantitative estimate of drug-likeness (QED) is 0.611. The largest absolute Gasteiger partial charge is 0.309 e. The smallest absolute Gasteiger partial charge is 0.000356 e. The number of nitrogens with zero attached hydrogens (tertiary/aromatic N) is 1. The Labute approximate surface area is 76.1 Å². The fourth-order valence-electron chi connectivity index (χ4n) is 2.67. The molecule has 0 N–H and O–H groups in total. The predicted octanol–water partition coefficient (Wildman–Crippen LogP) is 2.52. The molecule has 0 aromatic heterocycles. The molecule has 2 aliphatic carbocycles. The van der Waals surface area contributed by atoms with Crippen LogP contribution in [0.25, 0.3) is 0 Å². The van der Waals surface area contributed by atoms with E-state index in [4.69, 9.17) is 0 Å². The third kappa shape index (κ3) is 1.82. The third-order valence-corrected chi connectivity index (χ3v) is 3.75. The molecule has 0 aromatic rings. The molecule has 1 spiro atoms. The van der Waals surface area contributed by atoms with Gasteiger partial charge in [0.05, 0.1) is 0 Å². The van der Waals surface area contributed by atoms with Gasteiger partial charge < -0.3 is 4.90 Å². The Morgan fingerprint density at radius 1 is 1.08 bits per heavy atom. The third-order valence-electron chi connectivity index (χ3n) is 3.75. The lowest BCUT2D eigenvalue weighted by molar-refractivity contribution is 0.211. The number of hydrogen-bond donors (Lipinski definition) is 0. The van der Waals surface area contributed by atoms with E-state index >= 15 is 0 Å². The van der Waals surface area contributed by atoms with E-state index in [1.807, 2.05) is 0 Å². The zero-order valence-corrected chi connectivity index (χ0v) is 8.47. The Morgan fingerprint density at radius 2 is 1.67 bits per heavy atom. The van der Waals surface area contributed by atoms with Crippen LogP contribution in [-0.2, 0) is 0 Å². The lowest BCUT2D eigenvalue weighted by Crippen LogP contribution is -2.26. The summed E-state index contributed by atoms with van der Waals surface area (Å²) < 4.78 is 0. The van der Waals surface area contributed by atoms with Gasteiger partial charge in [-0.25, -0.2) is 0 Å². The first-order valence-corrected chi connectivity index (χ1v) is 5.35. The zero-order valence-electron chi connectivity index (χ0n) is 8.47. The summed E-state index contributed by atoms with van der Waals surface area (Å²) in [6.07, 6.45) is 9.15. The van der Waals surface area contributed by atoms with Gasteiger partial charge in [0, 0.05) is 6.54 Å². The lowest BCUT2D eigenvalue weighted by atomic mass is 9.79. The minimum absolute atomic E-state index is 0.878. The summed E-state index contributed by atoms with van der Waals surface area (Å²) in [5, 5.41) is 0. The fraction of sp³-hybridized carbons (Fsp3) is 1.00. The average Bonchev–Trinajstić information content (AvgIpc) is 2.75. The van der Waals surface area contributed by atoms with Crippen LogP contribution < -0.4 is 0 Å². The molecule has 0 unspecified atom stereocenters. The van der Waals surface area contributed by atoms with Crippen LogP contribution in [-0.4, -0.2) is 25.5 Å². The molecule has 1 nitrogen and oxygen atoms in total. The molecule has 2 saturated carbocycles. The highest BCUT2D eigenvalue weighted by Crippen LogP contribution is 2.57. The highest BCUT2D eigenvalue weighted by Gasteiger charge is 2.44. The molecule has 0 radical (unpaired) electrons. The molecule has 0 aromatic carbocycles. The van der Waals surface area contributed by atoms with Crippen LogP contribution >= 0.6 is 0 Å². The maximum Gasteiger partial charge on any atom is 0.000356 e. The Kier molecular flexibility index (Phi) is 2.16. The van der Waals surface area contributed by atoms with Crippen molar-refractivity contribution in [3.8, 4) is 0 Å². The van der Waals surface area contributed by atoms with Crippen LogP contribution in [0.2, 0.25) is 0 Å². The molecule has 0 aliphatic heterocycles. The summed E-state index contributed by atoms with van der Waals surface area (Å²) in [4.78, 5) is 2.34. The second-order valence-corrected chi connectivity index (χ2v) is 5.21. The first kappa shape index (κ1) is 8.55. The van der Waals surface area contributed by atoms with Gasteiger partial charge in [-0.3, -0.25) is 0 Å². The minimum Gasteiger partial charge on any atom is -0.309 e. The van der Waals surface area contributed by atoms with E-state index in [9.17, 15) is 0 Å². The summed E-state index contributed by atoms with van der Waals surface area (Å²) in [6.45, 7) is 1.32. The highest BCUT2D eigenvalue weighted by molar-refractivity contribution is 4.96. The first-order valence-electron chi connectivity index (χ1n) is 5.35. The molecule has 70 valence electrons. The van der Waals surface area contributed by atoms with E-state index in [2.05, 4.69) is 19.0 Å². The van der Waals surface area contributed by atoms with Crippen molar-refractivity contribution in [2.75, 3.05) is 20.6 Å². The minimum atomic E-state index is 0.878. The van der Waals surface area contributed by atoms with Gasteiger partial charge in [-0.15, -0.1) is 0 Å². The summed E-state index contributed by atoms with van der Waals surface area (Å²) in [5.74, 6) is 1.01. The molecular weight excluding hydrogens is 146 g/mol. The van der Waals surface area contributed by atoms with Crippen LogP contribution in [0.5, 0.6) is 0 Å². The summed E-state index contributed by atoms with van der Waals surface area (Å²) in [5.41, 5.74) is 0.878. The standard InChI is InChI=1S/C11H21N/c1-12(2)9-10-3-5-11(6-4-10)7-8-11/h10H,3-9H2,1-2H3. The normalized spacial score (nSPS) is 28.2. The average molecular weight is 167 g/mol. The number of rotatable bonds is 2. The summed E-state index contributed by atoms with van der Waals surface area (Å²) in [6, 6.07) is 0. The van der Waals surface area contributed by atoms with Gasteiger partial charge in [-0.05, 0) is 64.0 Å². The maximum atomic E-state index is 2.34. The molecule has 2 rings (SSSR count). The van der Waals surface area contributed by atoms with Crippen LogP contribution in [0.15, 0.2) is 0 Å². The Hall–Kier alpha value is -0.0400. The highest BCUT2D eigenvalue weighted by atomic mass is 15.1. The molecule has 0 amide bonds. The van der Waals surface area contributed by atoms with E-state index in [1.54, 1.807) is 12.8 Å². The van der Waals surface area contributed by atoms with Crippen molar-refractivity contribution >= 4 is 0 Å².